The van der Waals surface area contributed by atoms with Gasteiger partial charge in [-0.15, -0.1) is 0 Å². The summed E-state index contributed by atoms with van der Waals surface area (Å²) in [5.41, 5.74) is 7.09. The SMILES string of the molecule is C=C(/C=C/[C@@H](C)[C@H]1CC=C2C3=C(CC[C@@]21C)[C@@]1(C)CC[C@H](O)[C@@H](C)C1CC3)C(C)C. The Labute approximate surface area is 185 Å². The lowest BCUT2D eigenvalue weighted by atomic mass is 9.49. The number of aliphatic hydroxyl groups excluding tert-OH is 1. The van der Waals surface area contributed by atoms with Crippen LogP contribution in [0.5, 0.6) is 0 Å². The monoisotopic (exact) mass is 408 g/mol. The summed E-state index contributed by atoms with van der Waals surface area (Å²) in [6.45, 7) is 18.5. The van der Waals surface area contributed by atoms with Crippen molar-refractivity contribution >= 4 is 0 Å². The molecule has 0 aromatic carbocycles. The normalized spacial score (nSPS) is 42.1. The molecule has 1 nitrogen and oxygen atoms in total. The predicted molar refractivity (Wildman–Crippen MR) is 128 cm³/mol. The maximum Gasteiger partial charge on any atom is 0.0569 e. The molecule has 1 fully saturated rings. The van der Waals surface area contributed by atoms with Crippen LogP contribution >= 0.6 is 0 Å². The van der Waals surface area contributed by atoms with Gasteiger partial charge in [-0.3, -0.25) is 0 Å². The quantitative estimate of drug-likeness (QED) is 0.474. The first kappa shape index (κ1) is 22.1. The van der Waals surface area contributed by atoms with Crippen molar-refractivity contribution in [3.8, 4) is 0 Å². The third-order valence-corrected chi connectivity index (χ3v) is 10.00. The number of allylic oxidation sites excluding steroid dienone is 7. The second-order valence-electron chi connectivity index (χ2n) is 11.8. The van der Waals surface area contributed by atoms with Crippen molar-refractivity contribution in [1.82, 2.24) is 0 Å². The highest BCUT2D eigenvalue weighted by Gasteiger charge is 2.54. The molecule has 166 valence electrons. The summed E-state index contributed by atoms with van der Waals surface area (Å²) >= 11 is 0. The summed E-state index contributed by atoms with van der Waals surface area (Å²) in [7, 11) is 0. The minimum absolute atomic E-state index is 0.0950. The van der Waals surface area contributed by atoms with Crippen molar-refractivity contribution in [3.05, 3.63) is 47.1 Å². The number of fused-ring (bicyclic) bond motifs is 4. The average molecular weight is 409 g/mol. The topological polar surface area (TPSA) is 20.2 Å². The molecule has 1 saturated carbocycles. The molecule has 30 heavy (non-hydrogen) atoms. The Kier molecular flexibility index (Phi) is 5.76. The Bertz CT molecular complexity index is 795. The summed E-state index contributed by atoms with van der Waals surface area (Å²) in [5, 5.41) is 10.5. The molecule has 0 saturated heterocycles. The summed E-state index contributed by atoms with van der Waals surface area (Å²) in [4.78, 5) is 0. The average Bonchev–Trinajstić information content (AvgIpc) is 3.06. The minimum atomic E-state index is -0.0950. The number of hydrogen-bond donors (Lipinski definition) is 1. The van der Waals surface area contributed by atoms with Crippen LogP contribution in [0.4, 0.5) is 0 Å². The Balaban J connectivity index is 1.60. The first-order valence-electron chi connectivity index (χ1n) is 12.6. The summed E-state index contributed by atoms with van der Waals surface area (Å²) in [6, 6.07) is 0. The molecule has 4 rings (SSSR count). The van der Waals surface area contributed by atoms with Crippen molar-refractivity contribution in [2.24, 2.45) is 40.4 Å². The Hall–Kier alpha value is -1.08. The van der Waals surface area contributed by atoms with E-state index < -0.39 is 0 Å². The van der Waals surface area contributed by atoms with Gasteiger partial charge in [0.1, 0.15) is 0 Å². The molecule has 7 atom stereocenters. The van der Waals surface area contributed by atoms with Gasteiger partial charge in [0.25, 0.3) is 0 Å². The van der Waals surface area contributed by atoms with Crippen LogP contribution in [-0.4, -0.2) is 11.2 Å². The van der Waals surface area contributed by atoms with Gasteiger partial charge in [-0.25, -0.2) is 0 Å². The molecule has 1 heteroatoms. The van der Waals surface area contributed by atoms with Crippen molar-refractivity contribution in [2.75, 3.05) is 0 Å². The van der Waals surface area contributed by atoms with Gasteiger partial charge in [-0.2, -0.15) is 0 Å². The van der Waals surface area contributed by atoms with Crippen LogP contribution in [0.3, 0.4) is 0 Å². The third-order valence-electron chi connectivity index (χ3n) is 10.00. The number of aliphatic hydroxyl groups is 1. The van der Waals surface area contributed by atoms with Gasteiger partial charge in [0.15, 0.2) is 0 Å². The first-order valence-corrected chi connectivity index (χ1v) is 12.6. The molecule has 4 aliphatic carbocycles. The molecule has 0 amide bonds. The zero-order chi connectivity index (χ0) is 21.8. The maximum absolute atomic E-state index is 10.5. The van der Waals surface area contributed by atoms with E-state index in [1.807, 2.05) is 0 Å². The van der Waals surface area contributed by atoms with Gasteiger partial charge in [-0.05, 0) is 96.5 Å². The van der Waals surface area contributed by atoms with Gasteiger partial charge in [0.05, 0.1) is 6.10 Å². The molecule has 0 bridgehead atoms. The fourth-order valence-electron chi connectivity index (χ4n) is 7.74. The van der Waals surface area contributed by atoms with Crippen LogP contribution in [0, 0.1) is 40.4 Å². The van der Waals surface area contributed by atoms with E-state index in [1.165, 1.54) is 44.1 Å². The molecule has 0 aliphatic heterocycles. The minimum Gasteiger partial charge on any atom is -0.393 e. The van der Waals surface area contributed by atoms with E-state index in [0.29, 0.717) is 40.4 Å². The molecule has 1 N–H and O–H groups in total. The van der Waals surface area contributed by atoms with Gasteiger partial charge in [0.2, 0.25) is 0 Å². The Morgan fingerprint density at radius 3 is 2.57 bits per heavy atom. The number of hydrogen-bond acceptors (Lipinski definition) is 1. The van der Waals surface area contributed by atoms with E-state index in [-0.39, 0.29) is 6.10 Å². The van der Waals surface area contributed by atoms with Crippen LogP contribution in [0.2, 0.25) is 0 Å². The molecule has 0 spiro atoms. The zero-order valence-corrected chi connectivity index (χ0v) is 20.3. The van der Waals surface area contributed by atoms with Gasteiger partial charge >= 0.3 is 0 Å². The molecular formula is C29H44O. The van der Waals surface area contributed by atoms with Gasteiger partial charge < -0.3 is 5.11 Å². The number of rotatable bonds is 4. The third kappa shape index (κ3) is 3.31. The van der Waals surface area contributed by atoms with Crippen molar-refractivity contribution in [2.45, 2.75) is 92.6 Å². The fourth-order valence-corrected chi connectivity index (χ4v) is 7.74. The van der Waals surface area contributed by atoms with E-state index >= 15 is 0 Å². The molecule has 1 unspecified atom stereocenters. The molecule has 0 radical (unpaired) electrons. The lowest BCUT2D eigenvalue weighted by Crippen LogP contribution is -2.48. The lowest BCUT2D eigenvalue weighted by Gasteiger charge is -2.55. The van der Waals surface area contributed by atoms with Crippen molar-refractivity contribution in [1.29, 1.82) is 0 Å². The second kappa shape index (κ2) is 7.80. The summed E-state index contributed by atoms with van der Waals surface area (Å²) in [5.74, 6) is 2.91. The van der Waals surface area contributed by atoms with E-state index in [4.69, 9.17) is 0 Å². The highest BCUT2D eigenvalue weighted by atomic mass is 16.3. The highest BCUT2D eigenvalue weighted by Crippen LogP contribution is 2.64. The van der Waals surface area contributed by atoms with Crippen molar-refractivity contribution in [3.63, 3.8) is 0 Å². The molecular weight excluding hydrogens is 364 g/mol. The molecule has 0 aromatic rings. The fraction of sp³-hybridized carbons (Fsp3) is 0.724. The zero-order valence-electron chi connectivity index (χ0n) is 20.3. The van der Waals surface area contributed by atoms with Crippen LogP contribution in [0.1, 0.15) is 86.5 Å². The lowest BCUT2D eigenvalue weighted by molar-refractivity contribution is -0.0286. The van der Waals surface area contributed by atoms with Gasteiger partial charge in [-0.1, -0.05) is 77.5 Å². The largest absolute Gasteiger partial charge is 0.393 e. The van der Waals surface area contributed by atoms with Gasteiger partial charge in [0, 0.05) is 0 Å². The summed E-state index contributed by atoms with van der Waals surface area (Å²) in [6.07, 6.45) is 15.7. The highest BCUT2D eigenvalue weighted by molar-refractivity contribution is 5.49. The second-order valence-corrected chi connectivity index (χ2v) is 11.8. The molecule has 0 heterocycles. The van der Waals surface area contributed by atoms with Crippen LogP contribution < -0.4 is 0 Å². The van der Waals surface area contributed by atoms with E-state index in [9.17, 15) is 5.11 Å². The van der Waals surface area contributed by atoms with Crippen LogP contribution in [0.25, 0.3) is 0 Å². The predicted octanol–water partition coefficient (Wildman–Crippen LogP) is 7.64. The van der Waals surface area contributed by atoms with E-state index in [2.05, 4.69) is 66.3 Å². The van der Waals surface area contributed by atoms with E-state index in [0.717, 1.165) is 6.42 Å². The standard InChI is InChI=1S/C29H44O/c1-18(2)19(3)8-9-20(4)23-12-13-25-22-10-11-24-21(5)27(30)15-17-29(24,7)26(22)14-16-28(23,25)6/h8-9,13,18,20-21,23-24,27,30H,3,10-12,14-17H2,1-2,4-7H3/b9-8+/t20-,21+,23-,24?,27+,28-,29+/m1/s1. The maximum atomic E-state index is 10.5. The van der Waals surface area contributed by atoms with Crippen LogP contribution in [-0.2, 0) is 0 Å². The Morgan fingerprint density at radius 2 is 1.87 bits per heavy atom. The van der Waals surface area contributed by atoms with Crippen LogP contribution in [0.15, 0.2) is 47.1 Å². The van der Waals surface area contributed by atoms with Crippen molar-refractivity contribution < 1.29 is 5.11 Å². The summed E-state index contributed by atoms with van der Waals surface area (Å²) < 4.78 is 0. The Morgan fingerprint density at radius 1 is 1.13 bits per heavy atom. The smallest absolute Gasteiger partial charge is 0.0569 e. The molecule has 4 aliphatic rings. The molecule has 0 aromatic heterocycles. The van der Waals surface area contributed by atoms with E-state index in [1.54, 1.807) is 16.7 Å². The first-order chi connectivity index (χ1) is 14.1.